The van der Waals surface area contributed by atoms with E-state index in [2.05, 4.69) is 27.3 Å². The summed E-state index contributed by atoms with van der Waals surface area (Å²) in [6.45, 7) is 0.559. The first-order chi connectivity index (χ1) is 12.0. The molecule has 0 saturated heterocycles. The molecule has 6 heteroatoms. The van der Waals surface area contributed by atoms with Gasteiger partial charge in [-0.3, -0.25) is 4.99 Å². The van der Waals surface area contributed by atoms with Crippen LogP contribution >= 0.6 is 0 Å². The lowest BCUT2D eigenvalue weighted by molar-refractivity contribution is 0.306. The zero-order valence-corrected chi connectivity index (χ0v) is 15.2. The van der Waals surface area contributed by atoms with Gasteiger partial charge in [0.2, 0.25) is 0 Å². The number of hydrogen-bond acceptors (Lipinski definition) is 4. The smallest absolute Gasteiger partial charge is 0.193 e. The zero-order chi connectivity index (χ0) is 18.2. The molecule has 1 unspecified atom stereocenters. The van der Waals surface area contributed by atoms with Crippen molar-refractivity contribution in [2.75, 3.05) is 40.2 Å². The van der Waals surface area contributed by atoms with Gasteiger partial charge in [-0.2, -0.15) is 0 Å². The van der Waals surface area contributed by atoms with Crippen LogP contribution in [0.5, 0.6) is 11.5 Å². The van der Waals surface area contributed by atoms with Gasteiger partial charge in [-0.05, 0) is 31.8 Å². The molecule has 1 atom stereocenters. The molecular formula is C19H26N4O2. The molecule has 0 fully saturated rings. The van der Waals surface area contributed by atoms with Gasteiger partial charge < -0.3 is 25.4 Å². The predicted octanol–water partition coefficient (Wildman–Crippen LogP) is 2.73. The molecule has 0 aliphatic carbocycles. The Kier molecular flexibility index (Phi) is 6.65. The first kappa shape index (κ1) is 18.6. The van der Waals surface area contributed by atoms with Crippen molar-refractivity contribution >= 4 is 11.6 Å². The number of guanidine groups is 1. The summed E-state index contributed by atoms with van der Waals surface area (Å²) in [4.78, 5) is 6.61. The van der Waals surface area contributed by atoms with Crippen LogP contribution in [0.15, 0.2) is 53.5 Å². The van der Waals surface area contributed by atoms with Gasteiger partial charge in [0.05, 0.1) is 26.8 Å². The number of nitrogens with one attached hydrogen (secondary N) is 1. The van der Waals surface area contributed by atoms with E-state index in [1.807, 2.05) is 50.5 Å². The maximum absolute atomic E-state index is 6.04. The van der Waals surface area contributed by atoms with Gasteiger partial charge in [-0.15, -0.1) is 0 Å². The van der Waals surface area contributed by atoms with Gasteiger partial charge in [0, 0.05) is 11.8 Å². The van der Waals surface area contributed by atoms with Gasteiger partial charge in [0.15, 0.2) is 17.5 Å². The molecule has 6 nitrogen and oxygen atoms in total. The van der Waals surface area contributed by atoms with Crippen LogP contribution in [-0.2, 0) is 0 Å². The molecule has 0 heterocycles. The Labute approximate surface area is 149 Å². The summed E-state index contributed by atoms with van der Waals surface area (Å²) in [5.74, 6) is 1.66. The Morgan fingerprint density at radius 2 is 1.76 bits per heavy atom. The number of anilines is 1. The molecule has 0 radical (unpaired) electrons. The monoisotopic (exact) mass is 342 g/mol. The Bertz CT molecular complexity index is 702. The number of aliphatic imine (C=N–C) groups is 1. The Balaban J connectivity index is 2.08. The molecule has 0 aliphatic heterocycles. The standard InChI is InChI=1S/C19H26N4O2/c1-23(2)16(14-8-6-5-7-9-14)13-21-19(20)22-15-10-11-17(24-3)18(12-15)25-4/h5-12,16H,13H2,1-4H3,(H3,20,21,22). The number of methoxy groups -OCH3 is 2. The van der Waals surface area contributed by atoms with E-state index in [1.165, 1.54) is 5.56 Å². The average molecular weight is 342 g/mol. The molecule has 0 saturated carbocycles. The van der Waals surface area contributed by atoms with Crippen LogP contribution in [-0.4, -0.2) is 45.7 Å². The minimum absolute atomic E-state index is 0.159. The third kappa shape index (κ3) is 5.12. The third-order valence-electron chi connectivity index (χ3n) is 3.90. The highest BCUT2D eigenvalue weighted by Crippen LogP contribution is 2.29. The second-order valence-corrected chi connectivity index (χ2v) is 5.81. The molecule has 0 spiro atoms. The van der Waals surface area contributed by atoms with Gasteiger partial charge in [-0.25, -0.2) is 0 Å². The first-order valence-corrected chi connectivity index (χ1v) is 8.05. The number of likely N-dealkylation sites (N-methyl/N-ethyl adjacent to an activating group) is 1. The van der Waals surface area contributed by atoms with E-state index in [0.29, 0.717) is 24.0 Å². The van der Waals surface area contributed by atoms with E-state index in [4.69, 9.17) is 15.2 Å². The zero-order valence-electron chi connectivity index (χ0n) is 15.2. The number of ether oxygens (including phenoxy) is 2. The fraction of sp³-hybridized carbons (Fsp3) is 0.316. The molecule has 134 valence electrons. The average Bonchev–Trinajstić information content (AvgIpc) is 2.62. The number of nitrogens with zero attached hydrogens (tertiary/aromatic N) is 2. The summed E-state index contributed by atoms with van der Waals surface area (Å²) in [5.41, 5.74) is 8.04. The molecule has 3 N–H and O–H groups in total. The second-order valence-electron chi connectivity index (χ2n) is 5.81. The van der Waals surface area contributed by atoms with Crippen molar-refractivity contribution in [1.29, 1.82) is 0 Å². The molecule has 0 aliphatic rings. The number of hydrogen-bond donors (Lipinski definition) is 2. The minimum Gasteiger partial charge on any atom is -0.493 e. The molecule has 0 aromatic heterocycles. The van der Waals surface area contributed by atoms with Gasteiger partial charge in [-0.1, -0.05) is 30.3 Å². The third-order valence-corrected chi connectivity index (χ3v) is 3.90. The van der Waals surface area contributed by atoms with Crippen molar-refractivity contribution in [3.8, 4) is 11.5 Å². The van der Waals surface area contributed by atoms with Crippen molar-refractivity contribution in [3.63, 3.8) is 0 Å². The normalized spacial score (nSPS) is 12.8. The highest BCUT2D eigenvalue weighted by Gasteiger charge is 2.13. The second kappa shape index (κ2) is 8.94. The van der Waals surface area contributed by atoms with Crippen LogP contribution in [0.3, 0.4) is 0 Å². The molecule has 2 aromatic carbocycles. The Hall–Kier alpha value is -2.73. The van der Waals surface area contributed by atoms with E-state index in [-0.39, 0.29) is 6.04 Å². The largest absolute Gasteiger partial charge is 0.493 e. The molecular weight excluding hydrogens is 316 g/mol. The van der Waals surface area contributed by atoms with E-state index in [0.717, 1.165) is 5.69 Å². The van der Waals surface area contributed by atoms with Crippen molar-refractivity contribution in [2.45, 2.75) is 6.04 Å². The van der Waals surface area contributed by atoms with Crippen molar-refractivity contribution in [3.05, 3.63) is 54.1 Å². The molecule has 2 aromatic rings. The molecule has 0 amide bonds. The lowest BCUT2D eigenvalue weighted by atomic mass is 10.1. The van der Waals surface area contributed by atoms with Gasteiger partial charge in [0.25, 0.3) is 0 Å². The van der Waals surface area contributed by atoms with E-state index in [9.17, 15) is 0 Å². The summed E-state index contributed by atoms with van der Waals surface area (Å²) in [6.07, 6.45) is 0. The topological polar surface area (TPSA) is 72.1 Å². The number of benzene rings is 2. The van der Waals surface area contributed by atoms with Gasteiger partial charge in [0.1, 0.15) is 0 Å². The SMILES string of the molecule is COc1ccc(NC(N)=NCC(c2ccccc2)N(C)C)cc1OC. The fourth-order valence-corrected chi connectivity index (χ4v) is 2.53. The Morgan fingerprint density at radius 1 is 1.08 bits per heavy atom. The van der Waals surface area contributed by atoms with E-state index >= 15 is 0 Å². The summed E-state index contributed by atoms with van der Waals surface area (Å²) in [6, 6.07) is 15.9. The first-order valence-electron chi connectivity index (χ1n) is 8.05. The number of rotatable bonds is 7. The molecule has 25 heavy (non-hydrogen) atoms. The predicted molar refractivity (Wildman–Crippen MR) is 103 cm³/mol. The van der Waals surface area contributed by atoms with Crippen molar-refractivity contribution in [2.24, 2.45) is 10.7 Å². The minimum atomic E-state index is 0.159. The van der Waals surface area contributed by atoms with Crippen LogP contribution in [0.2, 0.25) is 0 Å². The maximum atomic E-state index is 6.04. The maximum Gasteiger partial charge on any atom is 0.193 e. The van der Waals surface area contributed by atoms with Gasteiger partial charge >= 0.3 is 0 Å². The van der Waals surface area contributed by atoms with Crippen LogP contribution in [0.25, 0.3) is 0 Å². The van der Waals surface area contributed by atoms with E-state index < -0.39 is 0 Å². The van der Waals surface area contributed by atoms with E-state index in [1.54, 1.807) is 14.2 Å². The van der Waals surface area contributed by atoms with Crippen LogP contribution in [0.1, 0.15) is 11.6 Å². The Morgan fingerprint density at radius 3 is 2.36 bits per heavy atom. The summed E-state index contributed by atoms with van der Waals surface area (Å²) in [5, 5.41) is 3.09. The van der Waals surface area contributed by atoms with Crippen LogP contribution in [0.4, 0.5) is 5.69 Å². The lowest BCUT2D eigenvalue weighted by Gasteiger charge is -2.23. The lowest BCUT2D eigenvalue weighted by Crippen LogP contribution is -2.27. The summed E-state index contributed by atoms with van der Waals surface area (Å²) >= 11 is 0. The molecule has 2 rings (SSSR count). The number of nitrogens with two attached hydrogens (primary N) is 1. The summed E-state index contributed by atoms with van der Waals surface area (Å²) < 4.78 is 10.5. The highest BCUT2D eigenvalue weighted by atomic mass is 16.5. The fourth-order valence-electron chi connectivity index (χ4n) is 2.53. The van der Waals surface area contributed by atoms with Crippen molar-refractivity contribution < 1.29 is 9.47 Å². The van der Waals surface area contributed by atoms with Crippen LogP contribution < -0.4 is 20.5 Å². The quantitative estimate of drug-likeness (QED) is 0.598. The highest BCUT2D eigenvalue weighted by molar-refractivity contribution is 5.92. The van der Waals surface area contributed by atoms with Crippen molar-refractivity contribution in [1.82, 2.24) is 4.90 Å². The summed E-state index contributed by atoms with van der Waals surface area (Å²) in [7, 11) is 7.27. The van der Waals surface area contributed by atoms with Crippen LogP contribution in [0, 0.1) is 0 Å². The molecule has 0 bridgehead atoms.